The zero-order valence-electron chi connectivity index (χ0n) is 10.4. The second-order valence-electron chi connectivity index (χ2n) is 5.03. The van der Waals surface area contributed by atoms with E-state index in [1.807, 2.05) is 25.2 Å². The Labute approximate surface area is 112 Å². The summed E-state index contributed by atoms with van der Waals surface area (Å²) < 4.78 is 27.0. The number of benzene rings is 1. The van der Waals surface area contributed by atoms with Crippen molar-refractivity contribution in [3.8, 4) is 0 Å². The maximum Gasteiger partial charge on any atom is 0.248 e. The molecule has 0 saturated heterocycles. The normalized spacial score (nSPS) is 24.8. The molecule has 2 unspecified atom stereocenters. The summed E-state index contributed by atoms with van der Waals surface area (Å²) in [5.74, 6) is -2.55. The van der Waals surface area contributed by atoms with Crippen LogP contribution in [-0.2, 0) is 0 Å². The topological polar surface area (TPSA) is 12.0 Å². The van der Waals surface area contributed by atoms with Gasteiger partial charge in [0.15, 0.2) is 0 Å². The highest BCUT2D eigenvalue weighted by Gasteiger charge is 2.39. The van der Waals surface area contributed by atoms with Crippen LogP contribution in [0.15, 0.2) is 24.3 Å². The number of alkyl halides is 2. The van der Waals surface area contributed by atoms with E-state index in [-0.39, 0.29) is 24.8 Å². The molecule has 18 heavy (non-hydrogen) atoms. The molecule has 1 aliphatic carbocycles. The van der Waals surface area contributed by atoms with E-state index in [9.17, 15) is 8.78 Å². The molecule has 1 fully saturated rings. The van der Waals surface area contributed by atoms with Crippen molar-refractivity contribution >= 4 is 11.6 Å². The molecule has 0 amide bonds. The fourth-order valence-corrected chi connectivity index (χ4v) is 3.07. The Morgan fingerprint density at radius 3 is 2.83 bits per heavy atom. The highest BCUT2D eigenvalue weighted by Crippen LogP contribution is 2.42. The molecule has 1 aromatic rings. The lowest BCUT2D eigenvalue weighted by atomic mass is 9.79. The zero-order valence-corrected chi connectivity index (χ0v) is 11.2. The van der Waals surface area contributed by atoms with Crippen molar-refractivity contribution in [2.24, 2.45) is 5.92 Å². The molecular formula is C14H18ClF2N. The summed E-state index contributed by atoms with van der Waals surface area (Å²) in [6.07, 6.45) is 1.42. The molecule has 2 rings (SSSR count). The van der Waals surface area contributed by atoms with Gasteiger partial charge in [-0.2, -0.15) is 0 Å². The van der Waals surface area contributed by atoms with Gasteiger partial charge in [-0.3, -0.25) is 0 Å². The number of rotatable bonds is 3. The molecular weight excluding hydrogens is 256 g/mol. The van der Waals surface area contributed by atoms with Crippen LogP contribution in [0, 0.1) is 5.92 Å². The number of nitrogens with one attached hydrogen (secondary N) is 1. The molecule has 0 spiro atoms. The van der Waals surface area contributed by atoms with Crippen LogP contribution in [0.4, 0.5) is 8.78 Å². The standard InChI is InChI=1S/C14H18ClF2N/c1-18-13(10-4-2-6-12(15)8-10)11-5-3-7-14(16,17)9-11/h2,4,6,8,11,13,18H,3,5,7,9H2,1H3. The van der Waals surface area contributed by atoms with Crippen LogP contribution < -0.4 is 5.32 Å². The number of hydrogen-bond donors (Lipinski definition) is 1. The van der Waals surface area contributed by atoms with E-state index in [0.717, 1.165) is 12.0 Å². The smallest absolute Gasteiger partial charge is 0.248 e. The molecule has 0 radical (unpaired) electrons. The van der Waals surface area contributed by atoms with Gasteiger partial charge in [-0.25, -0.2) is 8.78 Å². The van der Waals surface area contributed by atoms with E-state index in [4.69, 9.17) is 11.6 Å². The minimum Gasteiger partial charge on any atom is -0.313 e. The maximum atomic E-state index is 13.5. The third-order valence-electron chi connectivity index (χ3n) is 3.67. The lowest BCUT2D eigenvalue weighted by molar-refractivity contribution is -0.0580. The average Bonchev–Trinajstić information content (AvgIpc) is 2.29. The minimum atomic E-state index is -2.52. The van der Waals surface area contributed by atoms with Crippen LogP contribution >= 0.6 is 11.6 Å². The monoisotopic (exact) mass is 273 g/mol. The third kappa shape index (κ3) is 3.21. The van der Waals surface area contributed by atoms with Crippen molar-refractivity contribution in [3.05, 3.63) is 34.9 Å². The lowest BCUT2D eigenvalue weighted by Gasteiger charge is -2.34. The first-order valence-electron chi connectivity index (χ1n) is 6.32. The van der Waals surface area contributed by atoms with Gasteiger partial charge < -0.3 is 5.32 Å². The third-order valence-corrected chi connectivity index (χ3v) is 3.90. The van der Waals surface area contributed by atoms with E-state index in [1.54, 1.807) is 6.07 Å². The molecule has 4 heteroatoms. The molecule has 0 aliphatic heterocycles. The van der Waals surface area contributed by atoms with Gasteiger partial charge in [0.1, 0.15) is 0 Å². The summed E-state index contributed by atoms with van der Waals surface area (Å²) in [6.45, 7) is 0. The van der Waals surface area contributed by atoms with Crippen LogP contribution in [0.3, 0.4) is 0 Å². The predicted molar refractivity (Wildman–Crippen MR) is 70.2 cm³/mol. The zero-order chi connectivity index (χ0) is 13.2. The van der Waals surface area contributed by atoms with Crippen molar-refractivity contribution < 1.29 is 8.78 Å². The van der Waals surface area contributed by atoms with E-state index in [0.29, 0.717) is 11.4 Å². The molecule has 1 aromatic carbocycles. The summed E-state index contributed by atoms with van der Waals surface area (Å²) in [7, 11) is 1.82. The van der Waals surface area contributed by atoms with Gasteiger partial charge in [-0.05, 0) is 43.5 Å². The first-order chi connectivity index (χ1) is 8.52. The van der Waals surface area contributed by atoms with Crippen LogP contribution in [0.25, 0.3) is 0 Å². The van der Waals surface area contributed by atoms with Gasteiger partial charge in [0.05, 0.1) is 0 Å². The first kappa shape index (κ1) is 13.8. The molecule has 0 heterocycles. The Morgan fingerprint density at radius 1 is 1.44 bits per heavy atom. The first-order valence-corrected chi connectivity index (χ1v) is 6.70. The predicted octanol–water partition coefficient (Wildman–Crippen LogP) is 4.43. The van der Waals surface area contributed by atoms with Crippen LogP contribution in [-0.4, -0.2) is 13.0 Å². The molecule has 100 valence electrons. The van der Waals surface area contributed by atoms with Gasteiger partial charge in [0.2, 0.25) is 5.92 Å². The summed E-state index contributed by atoms with van der Waals surface area (Å²) in [5, 5.41) is 3.81. The maximum absolute atomic E-state index is 13.5. The Kier molecular flexibility index (Phi) is 4.23. The van der Waals surface area contributed by atoms with Crippen LogP contribution in [0.1, 0.15) is 37.3 Å². The molecule has 1 saturated carbocycles. The largest absolute Gasteiger partial charge is 0.313 e. The van der Waals surface area contributed by atoms with Crippen molar-refractivity contribution in [3.63, 3.8) is 0 Å². The Balaban J connectivity index is 2.18. The van der Waals surface area contributed by atoms with Crippen molar-refractivity contribution in [1.82, 2.24) is 5.32 Å². The van der Waals surface area contributed by atoms with Gasteiger partial charge in [-0.1, -0.05) is 23.7 Å². The highest BCUT2D eigenvalue weighted by molar-refractivity contribution is 6.30. The summed E-state index contributed by atoms with van der Waals surface area (Å²) in [5.41, 5.74) is 0.993. The molecule has 1 N–H and O–H groups in total. The number of hydrogen-bond acceptors (Lipinski definition) is 1. The molecule has 1 nitrogen and oxygen atoms in total. The van der Waals surface area contributed by atoms with E-state index in [2.05, 4.69) is 5.32 Å². The van der Waals surface area contributed by atoms with Crippen LogP contribution in [0.5, 0.6) is 0 Å². The van der Waals surface area contributed by atoms with E-state index < -0.39 is 5.92 Å². The molecule has 0 bridgehead atoms. The quantitative estimate of drug-likeness (QED) is 0.859. The summed E-state index contributed by atoms with van der Waals surface area (Å²) in [6, 6.07) is 7.42. The second kappa shape index (κ2) is 5.54. The summed E-state index contributed by atoms with van der Waals surface area (Å²) >= 11 is 5.96. The molecule has 0 aromatic heterocycles. The fourth-order valence-electron chi connectivity index (χ4n) is 2.87. The Morgan fingerprint density at radius 2 is 2.22 bits per heavy atom. The Bertz CT molecular complexity index is 409. The average molecular weight is 274 g/mol. The van der Waals surface area contributed by atoms with Gasteiger partial charge in [0.25, 0.3) is 0 Å². The van der Waals surface area contributed by atoms with Gasteiger partial charge in [-0.15, -0.1) is 0 Å². The molecule has 1 aliphatic rings. The minimum absolute atomic E-state index is 0.0233. The Hall–Kier alpha value is -0.670. The van der Waals surface area contributed by atoms with Gasteiger partial charge >= 0.3 is 0 Å². The van der Waals surface area contributed by atoms with Gasteiger partial charge in [0, 0.05) is 23.9 Å². The van der Waals surface area contributed by atoms with Crippen molar-refractivity contribution in [2.45, 2.75) is 37.6 Å². The highest BCUT2D eigenvalue weighted by atomic mass is 35.5. The van der Waals surface area contributed by atoms with Crippen LogP contribution in [0.2, 0.25) is 5.02 Å². The molecule has 2 atom stereocenters. The summed E-state index contributed by atoms with van der Waals surface area (Å²) in [4.78, 5) is 0. The van der Waals surface area contributed by atoms with Crippen molar-refractivity contribution in [2.75, 3.05) is 7.05 Å². The van der Waals surface area contributed by atoms with Crippen molar-refractivity contribution in [1.29, 1.82) is 0 Å². The lowest BCUT2D eigenvalue weighted by Crippen LogP contribution is -2.34. The SMILES string of the molecule is CNC(c1cccc(Cl)c1)C1CCCC(F)(F)C1. The van der Waals surface area contributed by atoms with E-state index in [1.165, 1.54) is 0 Å². The number of halogens is 3. The fraction of sp³-hybridized carbons (Fsp3) is 0.571. The van der Waals surface area contributed by atoms with E-state index >= 15 is 0 Å². The second-order valence-corrected chi connectivity index (χ2v) is 5.47.